The van der Waals surface area contributed by atoms with Gasteiger partial charge in [0.15, 0.2) is 5.65 Å². The van der Waals surface area contributed by atoms with Crippen LogP contribution in [0.2, 0.25) is 0 Å². The van der Waals surface area contributed by atoms with Crippen LogP contribution in [0.4, 0.5) is 0 Å². The molecule has 0 radical (unpaired) electrons. The van der Waals surface area contributed by atoms with Crippen molar-refractivity contribution < 1.29 is 5.11 Å². The summed E-state index contributed by atoms with van der Waals surface area (Å²) in [6, 6.07) is 34.0. The molecule has 0 atom stereocenters. The zero-order chi connectivity index (χ0) is 24.5. The van der Waals surface area contributed by atoms with Crippen LogP contribution in [0.15, 0.2) is 109 Å². The molecule has 0 aliphatic carbocycles. The van der Waals surface area contributed by atoms with Crippen LogP contribution in [0.25, 0.3) is 66.8 Å². The molecule has 6 nitrogen and oxygen atoms in total. The largest absolute Gasteiger partial charge is 0.507 e. The molecule has 0 aliphatic rings. The van der Waals surface area contributed by atoms with Gasteiger partial charge in [-0.3, -0.25) is 8.80 Å². The minimum Gasteiger partial charge on any atom is -0.507 e. The molecule has 0 bridgehead atoms. The first kappa shape index (κ1) is 20.0. The number of phenolic OH excluding ortho intramolecular Hbond substituents is 1. The van der Waals surface area contributed by atoms with E-state index in [1.54, 1.807) is 6.07 Å². The summed E-state index contributed by atoms with van der Waals surface area (Å²) >= 11 is 0. The number of aromatic hydroxyl groups is 1. The Kier molecular flexibility index (Phi) is 3.99. The number of para-hydroxylation sites is 2. The van der Waals surface area contributed by atoms with Crippen molar-refractivity contribution in [2.24, 2.45) is 0 Å². The van der Waals surface area contributed by atoms with Crippen LogP contribution in [0.3, 0.4) is 0 Å². The van der Waals surface area contributed by atoms with Crippen molar-refractivity contribution in [1.82, 2.24) is 23.8 Å². The van der Waals surface area contributed by atoms with Gasteiger partial charge in [-0.15, -0.1) is 0 Å². The Morgan fingerprint density at radius 2 is 1.30 bits per heavy atom. The number of nitrogens with zero attached hydrogens (tertiary/aromatic N) is 5. The number of pyridine rings is 2. The van der Waals surface area contributed by atoms with Crippen molar-refractivity contribution >= 4 is 44.3 Å². The third-order valence-electron chi connectivity index (χ3n) is 7.06. The average Bonchev–Trinajstić information content (AvgIpc) is 3.53. The van der Waals surface area contributed by atoms with Gasteiger partial charge in [0.2, 0.25) is 0 Å². The molecule has 37 heavy (non-hydrogen) atoms. The maximum Gasteiger partial charge on any atom is 0.166 e. The minimum atomic E-state index is 0.216. The molecular weight excluding hydrogens is 458 g/mol. The third-order valence-corrected chi connectivity index (χ3v) is 7.06. The first-order chi connectivity index (χ1) is 18.3. The molecule has 0 saturated heterocycles. The summed E-state index contributed by atoms with van der Waals surface area (Å²) in [5, 5.41) is 12.6. The van der Waals surface area contributed by atoms with E-state index in [0.29, 0.717) is 5.56 Å². The summed E-state index contributed by atoms with van der Waals surface area (Å²) in [6.07, 6.45) is 1.81. The highest BCUT2D eigenvalue weighted by molar-refractivity contribution is 6.05. The predicted octanol–water partition coefficient (Wildman–Crippen LogP) is 6.88. The molecule has 0 aliphatic heterocycles. The zero-order valence-electron chi connectivity index (χ0n) is 19.6. The first-order valence-corrected chi connectivity index (χ1v) is 12.1. The van der Waals surface area contributed by atoms with E-state index in [2.05, 4.69) is 56.2 Å². The maximum absolute atomic E-state index is 10.4. The van der Waals surface area contributed by atoms with Gasteiger partial charge in [0.25, 0.3) is 0 Å². The summed E-state index contributed by atoms with van der Waals surface area (Å²) in [4.78, 5) is 14.6. The second-order valence-corrected chi connectivity index (χ2v) is 9.14. The van der Waals surface area contributed by atoms with Gasteiger partial charge in [-0.25, -0.2) is 15.0 Å². The molecule has 174 valence electrons. The van der Waals surface area contributed by atoms with Gasteiger partial charge in [0.05, 0.1) is 22.4 Å². The molecule has 5 aromatic heterocycles. The fourth-order valence-corrected chi connectivity index (χ4v) is 5.45. The standard InChI is InChI=1S/C31H19N5O/c37-28-16-4-2-8-20(28)24-12-6-11-23(33-24)19-10-5-15-27-22(19)18-29-35(27)26-14-3-1-9-21(26)30-34-25-13-7-17-32-31(25)36(29)30/h1-18,37H. The van der Waals surface area contributed by atoms with Crippen molar-refractivity contribution in [3.63, 3.8) is 0 Å². The quantitative estimate of drug-likeness (QED) is 0.295. The van der Waals surface area contributed by atoms with Crippen LogP contribution < -0.4 is 0 Å². The lowest BCUT2D eigenvalue weighted by Crippen LogP contribution is -1.97. The van der Waals surface area contributed by atoms with Gasteiger partial charge in [-0.05, 0) is 60.7 Å². The van der Waals surface area contributed by atoms with Crippen LogP contribution in [0.1, 0.15) is 0 Å². The van der Waals surface area contributed by atoms with E-state index >= 15 is 0 Å². The normalized spacial score (nSPS) is 11.9. The topological polar surface area (TPSA) is 67.7 Å². The number of phenols is 1. The van der Waals surface area contributed by atoms with Crippen LogP contribution in [-0.2, 0) is 0 Å². The van der Waals surface area contributed by atoms with Crippen molar-refractivity contribution in [3.05, 3.63) is 109 Å². The summed E-state index contributed by atoms with van der Waals surface area (Å²) in [5.74, 6) is 0.216. The highest BCUT2D eigenvalue weighted by Gasteiger charge is 2.18. The van der Waals surface area contributed by atoms with Crippen LogP contribution in [0, 0.1) is 0 Å². The number of hydrogen-bond acceptors (Lipinski definition) is 4. The molecule has 6 heteroatoms. The van der Waals surface area contributed by atoms with E-state index in [-0.39, 0.29) is 5.75 Å². The lowest BCUT2D eigenvalue weighted by atomic mass is 10.0. The van der Waals surface area contributed by atoms with Gasteiger partial charge in [-0.1, -0.05) is 42.5 Å². The molecule has 3 aromatic carbocycles. The smallest absolute Gasteiger partial charge is 0.166 e. The Balaban J connectivity index is 1.49. The Morgan fingerprint density at radius 3 is 2.22 bits per heavy atom. The predicted molar refractivity (Wildman–Crippen MR) is 147 cm³/mol. The number of benzene rings is 3. The molecule has 0 spiro atoms. The van der Waals surface area contributed by atoms with E-state index in [0.717, 1.165) is 61.2 Å². The first-order valence-electron chi connectivity index (χ1n) is 12.1. The molecule has 0 amide bonds. The van der Waals surface area contributed by atoms with E-state index < -0.39 is 0 Å². The SMILES string of the molecule is Oc1ccccc1-c1cccc(-c2cccc3c2cc2n3c3ccccc3c3nc4cccnc4n32)n1. The van der Waals surface area contributed by atoms with E-state index in [1.807, 2.05) is 60.8 Å². The van der Waals surface area contributed by atoms with Crippen LogP contribution in [0.5, 0.6) is 5.75 Å². The minimum absolute atomic E-state index is 0.216. The fraction of sp³-hybridized carbons (Fsp3) is 0. The Morgan fingerprint density at radius 1 is 0.568 bits per heavy atom. The highest BCUT2D eigenvalue weighted by Crippen LogP contribution is 2.36. The highest BCUT2D eigenvalue weighted by atomic mass is 16.3. The number of rotatable bonds is 2. The van der Waals surface area contributed by atoms with Gasteiger partial charge < -0.3 is 5.11 Å². The summed E-state index contributed by atoms with van der Waals surface area (Å²) in [7, 11) is 0. The molecular formula is C31H19N5O. The lowest BCUT2D eigenvalue weighted by molar-refractivity contribution is 0.477. The third kappa shape index (κ3) is 2.78. The van der Waals surface area contributed by atoms with Crippen molar-refractivity contribution in [3.8, 4) is 28.3 Å². The fourth-order valence-electron chi connectivity index (χ4n) is 5.45. The van der Waals surface area contributed by atoms with E-state index in [4.69, 9.17) is 9.97 Å². The van der Waals surface area contributed by atoms with Gasteiger partial charge >= 0.3 is 0 Å². The molecule has 0 fully saturated rings. The number of aromatic nitrogens is 5. The molecule has 5 heterocycles. The maximum atomic E-state index is 10.4. The van der Waals surface area contributed by atoms with Crippen molar-refractivity contribution in [2.75, 3.05) is 0 Å². The second-order valence-electron chi connectivity index (χ2n) is 9.14. The lowest BCUT2D eigenvalue weighted by Gasteiger charge is -2.09. The van der Waals surface area contributed by atoms with Gasteiger partial charge in [-0.2, -0.15) is 0 Å². The van der Waals surface area contributed by atoms with Crippen LogP contribution in [-0.4, -0.2) is 28.9 Å². The monoisotopic (exact) mass is 477 g/mol. The van der Waals surface area contributed by atoms with Gasteiger partial charge in [0.1, 0.15) is 22.6 Å². The molecule has 8 aromatic rings. The van der Waals surface area contributed by atoms with Crippen molar-refractivity contribution in [1.29, 1.82) is 0 Å². The molecule has 8 rings (SSSR count). The Labute approximate surface area is 210 Å². The van der Waals surface area contributed by atoms with Gasteiger partial charge in [0, 0.05) is 28.1 Å². The zero-order valence-corrected chi connectivity index (χ0v) is 19.6. The van der Waals surface area contributed by atoms with Crippen LogP contribution >= 0.6 is 0 Å². The molecule has 0 unspecified atom stereocenters. The second kappa shape index (κ2) is 7.38. The van der Waals surface area contributed by atoms with E-state index in [9.17, 15) is 5.11 Å². The number of imidazole rings is 1. The molecule has 0 saturated carbocycles. The number of hydrogen-bond donors (Lipinski definition) is 1. The summed E-state index contributed by atoms with van der Waals surface area (Å²) < 4.78 is 4.43. The number of fused-ring (bicyclic) bond motifs is 10. The van der Waals surface area contributed by atoms with E-state index in [1.165, 1.54) is 0 Å². The average molecular weight is 478 g/mol. The summed E-state index contributed by atoms with van der Waals surface area (Å²) in [5.41, 5.74) is 9.05. The Hall–Kier alpha value is -5.23. The Bertz CT molecular complexity index is 2170. The van der Waals surface area contributed by atoms with Crippen molar-refractivity contribution in [2.45, 2.75) is 0 Å². The summed E-state index contributed by atoms with van der Waals surface area (Å²) in [6.45, 7) is 0. The molecule has 1 N–H and O–H groups in total.